The summed E-state index contributed by atoms with van der Waals surface area (Å²) in [4.78, 5) is 0. The van der Waals surface area contributed by atoms with Crippen molar-refractivity contribution in [3.05, 3.63) is 17.5 Å². The van der Waals surface area contributed by atoms with Gasteiger partial charge < -0.3 is 0 Å². The first-order valence-electron chi connectivity index (χ1n) is 5.39. The molecule has 0 amide bonds. The van der Waals surface area contributed by atoms with Crippen LogP contribution in [0.3, 0.4) is 0 Å². The molecule has 80 valence electrons. The lowest BCUT2D eigenvalue weighted by atomic mass is 9.83. The Labute approximate surface area is 99.5 Å². The second kappa shape index (κ2) is 5.05. The molecule has 3 atom stereocenters. The van der Waals surface area contributed by atoms with Crippen LogP contribution in [-0.2, 0) is 0 Å². The third-order valence-electron chi connectivity index (χ3n) is 2.98. The fourth-order valence-corrected chi connectivity index (χ4v) is 4.54. The maximum absolute atomic E-state index is 9.12. The summed E-state index contributed by atoms with van der Waals surface area (Å²) in [5.74, 6) is 1.04. The fraction of sp³-hybridized carbons (Fsp3) is 0.583. The molecule has 1 saturated carbocycles. The molecule has 0 bridgehead atoms. The van der Waals surface area contributed by atoms with Gasteiger partial charge in [0.15, 0.2) is 0 Å². The average molecular weight is 237 g/mol. The minimum Gasteiger partial charge on any atom is -0.198 e. The summed E-state index contributed by atoms with van der Waals surface area (Å²) < 4.78 is 1.36. The van der Waals surface area contributed by atoms with Gasteiger partial charge in [0.25, 0.3) is 0 Å². The first-order chi connectivity index (χ1) is 7.29. The molecule has 1 fully saturated rings. The highest BCUT2D eigenvalue weighted by Gasteiger charge is 2.29. The summed E-state index contributed by atoms with van der Waals surface area (Å²) in [6.07, 6.45) is 3.50. The lowest BCUT2D eigenvalue weighted by Crippen LogP contribution is -2.24. The molecule has 3 heteroatoms. The topological polar surface area (TPSA) is 23.8 Å². The van der Waals surface area contributed by atoms with E-state index >= 15 is 0 Å². The molecule has 0 saturated heterocycles. The van der Waals surface area contributed by atoms with E-state index in [1.54, 1.807) is 11.3 Å². The largest absolute Gasteiger partial charge is 0.198 e. The van der Waals surface area contributed by atoms with Gasteiger partial charge in [-0.1, -0.05) is 13.0 Å². The first kappa shape index (κ1) is 11.0. The average Bonchev–Trinajstić information content (AvgIpc) is 2.71. The molecule has 1 aromatic heterocycles. The van der Waals surface area contributed by atoms with Gasteiger partial charge in [-0.2, -0.15) is 5.26 Å². The van der Waals surface area contributed by atoms with Crippen molar-refractivity contribution in [2.45, 2.75) is 35.6 Å². The SMILES string of the molecule is CC1CCC(C#N)C(Sc2cccs2)C1. The Balaban J connectivity index is 2.02. The Bertz CT molecular complexity index is 339. The molecule has 1 nitrogen and oxygen atoms in total. The second-order valence-corrected chi connectivity index (χ2v) is 6.73. The van der Waals surface area contributed by atoms with Crippen LogP contribution in [0.2, 0.25) is 0 Å². The molecule has 1 aliphatic carbocycles. The maximum atomic E-state index is 9.12. The van der Waals surface area contributed by atoms with Crippen molar-refractivity contribution >= 4 is 23.1 Å². The Kier molecular flexibility index (Phi) is 3.71. The first-order valence-corrected chi connectivity index (χ1v) is 7.15. The van der Waals surface area contributed by atoms with Crippen LogP contribution in [0, 0.1) is 23.2 Å². The Morgan fingerprint density at radius 2 is 2.40 bits per heavy atom. The normalized spacial score (nSPS) is 31.1. The molecule has 1 aromatic rings. The van der Waals surface area contributed by atoms with Crippen LogP contribution in [0.15, 0.2) is 21.7 Å². The molecule has 0 radical (unpaired) electrons. The highest BCUT2D eigenvalue weighted by molar-refractivity contribution is 8.01. The van der Waals surface area contributed by atoms with Crippen molar-refractivity contribution in [1.82, 2.24) is 0 Å². The number of hydrogen-bond acceptors (Lipinski definition) is 3. The van der Waals surface area contributed by atoms with Gasteiger partial charge in [0.05, 0.1) is 16.2 Å². The molecule has 15 heavy (non-hydrogen) atoms. The van der Waals surface area contributed by atoms with E-state index in [9.17, 15) is 0 Å². The predicted molar refractivity (Wildman–Crippen MR) is 66.1 cm³/mol. The highest BCUT2D eigenvalue weighted by atomic mass is 32.2. The van der Waals surface area contributed by atoms with Gasteiger partial charge in [-0.15, -0.1) is 23.1 Å². The zero-order valence-electron chi connectivity index (χ0n) is 8.85. The zero-order chi connectivity index (χ0) is 10.7. The van der Waals surface area contributed by atoms with E-state index in [0.717, 1.165) is 12.3 Å². The van der Waals surface area contributed by atoms with Crippen LogP contribution in [0.5, 0.6) is 0 Å². The number of hydrogen-bond donors (Lipinski definition) is 0. The molecule has 2 rings (SSSR count). The number of nitrogens with zero attached hydrogens (tertiary/aromatic N) is 1. The van der Waals surface area contributed by atoms with Gasteiger partial charge in [0.1, 0.15) is 0 Å². The van der Waals surface area contributed by atoms with Crippen LogP contribution in [0.25, 0.3) is 0 Å². The summed E-state index contributed by atoms with van der Waals surface area (Å²) in [6.45, 7) is 2.30. The second-order valence-electron chi connectivity index (χ2n) is 4.24. The summed E-state index contributed by atoms with van der Waals surface area (Å²) in [6, 6.07) is 6.71. The molecule has 0 spiro atoms. The van der Waals surface area contributed by atoms with E-state index in [1.807, 2.05) is 11.8 Å². The molecule has 0 aliphatic heterocycles. The van der Waals surface area contributed by atoms with Crippen LogP contribution < -0.4 is 0 Å². The quantitative estimate of drug-likeness (QED) is 0.771. The summed E-state index contributed by atoms with van der Waals surface area (Å²) in [7, 11) is 0. The number of nitriles is 1. The third-order valence-corrected chi connectivity index (χ3v) is 5.41. The molecule has 3 unspecified atom stereocenters. The molecular formula is C12H15NS2. The molecule has 0 aromatic carbocycles. The van der Waals surface area contributed by atoms with Crippen molar-refractivity contribution in [3.63, 3.8) is 0 Å². The van der Waals surface area contributed by atoms with E-state index in [0.29, 0.717) is 5.25 Å². The van der Waals surface area contributed by atoms with Gasteiger partial charge in [-0.05, 0) is 36.6 Å². The minimum atomic E-state index is 0.258. The van der Waals surface area contributed by atoms with Gasteiger partial charge in [-0.25, -0.2) is 0 Å². The molecular weight excluding hydrogens is 222 g/mol. The third kappa shape index (κ3) is 2.76. The summed E-state index contributed by atoms with van der Waals surface area (Å²) >= 11 is 3.69. The van der Waals surface area contributed by atoms with Gasteiger partial charge >= 0.3 is 0 Å². The predicted octanol–water partition coefficient (Wildman–Crippen LogP) is 4.17. The number of thiophene rings is 1. The zero-order valence-corrected chi connectivity index (χ0v) is 10.5. The molecule has 1 heterocycles. The van der Waals surface area contributed by atoms with Crippen LogP contribution in [-0.4, -0.2) is 5.25 Å². The van der Waals surface area contributed by atoms with Crippen molar-refractivity contribution in [2.24, 2.45) is 11.8 Å². The van der Waals surface area contributed by atoms with E-state index in [1.165, 1.54) is 17.1 Å². The van der Waals surface area contributed by atoms with Crippen LogP contribution in [0.4, 0.5) is 0 Å². The van der Waals surface area contributed by atoms with E-state index in [-0.39, 0.29) is 5.92 Å². The van der Waals surface area contributed by atoms with E-state index in [4.69, 9.17) is 5.26 Å². The van der Waals surface area contributed by atoms with Crippen molar-refractivity contribution in [1.29, 1.82) is 5.26 Å². The van der Waals surface area contributed by atoms with Gasteiger partial charge in [-0.3, -0.25) is 0 Å². The van der Waals surface area contributed by atoms with Gasteiger partial charge in [0, 0.05) is 5.25 Å². The van der Waals surface area contributed by atoms with Crippen LogP contribution in [0.1, 0.15) is 26.2 Å². The standard InChI is InChI=1S/C12H15NS2/c1-9-4-5-10(8-13)11(7-9)15-12-3-2-6-14-12/h2-3,6,9-11H,4-5,7H2,1H3. The lowest BCUT2D eigenvalue weighted by Gasteiger charge is -2.29. The maximum Gasteiger partial charge on any atom is 0.0667 e. The molecule has 0 N–H and O–H groups in total. The van der Waals surface area contributed by atoms with E-state index in [2.05, 4.69) is 30.5 Å². The summed E-state index contributed by atoms with van der Waals surface area (Å²) in [5.41, 5.74) is 0. The highest BCUT2D eigenvalue weighted by Crippen LogP contribution is 2.40. The Morgan fingerprint density at radius 1 is 1.53 bits per heavy atom. The van der Waals surface area contributed by atoms with Crippen molar-refractivity contribution in [2.75, 3.05) is 0 Å². The minimum absolute atomic E-state index is 0.258. The van der Waals surface area contributed by atoms with E-state index < -0.39 is 0 Å². The number of thioether (sulfide) groups is 1. The summed E-state index contributed by atoms with van der Waals surface area (Å²) in [5, 5.41) is 11.7. The monoisotopic (exact) mass is 237 g/mol. The Morgan fingerprint density at radius 3 is 3.07 bits per heavy atom. The van der Waals surface area contributed by atoms with Gasteiger partial charge in [0.2, 0.25) is 0 Å². The number of rotatable bonds is 2. The lowest BCUT2D eigenvalue weighted by molar-refractivity contribution is 0.346. The van der Waals surface area contributed by atoms with Crippen molar-refractivity contribution in [3.8, 4) is 6.07 Å². The van der Waals surface area contributed by atoms with Crippen molar-refractivity contribution < 1.29 is 0 Å². The smallest absolute Gasteiger partial charge is 0.0667 e. The Hall–Kier alpha value is -0.460. The van der Waals surface area contributed by atoms with Crippen LogP contribution >= 0.6 is 23.1 Å². The molecule has 1 aliphatic rings. The fourth-order valence-electron chi connectivity index (χ4n) is 2.09.